The van der Waals surface area contributed by atoms with Crippen molar-refractivity contribution in [2.45, 2.75) is 25.6 Å². The van der Waals surface area contributed by atoms with E-state index in [1.54, 1.807) is 0 Å². The Labute approximate surface area is 50.7 Å². The maximum Gasteiger partial charge on any atom is 0.0503 e. The third kappa shape index (κ3) is 2.94. The first kappa shape index (κ1) is 7.31. The van der Waals surface area contributed by atoms with Gasteiger partial charge in [-0.05, 0) is 5.92 Å². The lowest BCUT2D eigenvalue weighted by atomic mass is 10.1. The summed E-state index contributed by atoms with van der Waals surface area (Å²) in [4.78, 5) is 0. The summed E-state index contributed by atoms with van der Waals surface area (Å²) in [6.45, 7) is 4.21. The van der Waals surface area contributed by atoms with Crippen LogP contribution in [0, 0.1) is 5.92 Å². The van der Waals surface area contributed by atoms with Crippen LogP contribution in [0.15, 0.2) is 0 Å². The van der Waals surface area contributed by atoms with E-state index < -0.39 is 0 Å². The summed E-state index contributed by atoms with van der Waals surface area (Å²) in [5, 5.41) is 0.0602. The van der Waals surface area contributed by atoms with Crippen molar-refractivity contribution in [1.82, 2.24) is 0 Å². The summed E-state index contributed by atoms with van der Waals surface area (Å²) < 4.78 is 0. The molecule has 44 valence electrons. The molecule has 0 aliphatic rings. The van der Waals surface area contributed by atoms with Crippen LogP contribution in [0.3, 0.4) is 0 Å². The van der Waals surface area contributed by atoms with Crippen molar-refractivity contribution >= 4 is 12.6 Å². The normalized spacial score (nSPS) is 18.9. The Balaban J connectivity index is 3.14. The van der Waals surface area contributed by atoms with Gasteiger partial charge in [-0.3, -0.25) is 0 Å². The number of nitrogens with two attached hydrogens (primary N) is 1. The lowest BCUT2D eigenvalue weighted by Gasteiger charge is -2.09. The zero-order chi connectivity index (χ0) is 5.86. The molecule has 1 nitrogen and oxygen atoms in total. The van der Waals surface area contributed by atoms with Gasteiger partial charge in [0.25, 0.3) is 0 Å². The fourth-order valence-corrected chi connectivity index (χ4v) is 0.452. The van der Waals surface area contributed by atoms with E-state index in [1.165, 1.54) is 0 Å². The van der Waals surface area contributed by atoms with Gasteiger partial charge in [-0.15, -0.1) is 0 Å². The summed E-state index contributed by atoms with van der Waals surface area (Å²) in [6.07, 6.45) is 1.12. The molecule has 0 fully saturated rings. The minimum atomic E-state index is 0.0602. The standard InChI is InChI=1S/C5H13NS/c1-3-4(2)5(6)7/h4-5,7H,3,6H2,1-2H3. The molecule has 0 rings (SSSR count). The van der Waals surface area contributed by atoms with Crippen LogP contribution >= 0.6 is 12.6 Å². The summed E-state index contributed by atoms with van der Waals surface area (Å²) in [7, 11) is 0. The molecular weight excluding hydrogens is 106 g/mol. The number of hydrogen-bond donors (Lipinski definition) is 2. The average molecular weight is 119 g/mol. The highest BCUT2D eigenvalue weighted by Crippen LogP contribution is 2.06. The highest BCUT2D eigenvalue weighted by atomic mass is 32.1. The molecule has 2 heteroatoms. The number of thiol groups is 1. The molecule has 0 saturated heterocycles. The van der Waals surface area contributed by atoms with E-state index in [-0.39, 0.29) is 5.37 Å². The van der Waals surface area contributed by atoms with Crippen LogP contribution in [0.4, 0.5) is 0 Å². The molecule has 0 saturated carbocycles. The van der Waals surface area contributed by atoms with Crippen LogP contribution < -0.4 is 5.73 Å². The third-order valence-corrected chi connectivity index (χ3v) is 1.74. The van der Waals surface area contributed by atoms with Gasteiger partial charge in [0.15, 0.2) is 0 Å². The van der Waals surface area contributed by atoms with E-state index in [9.17, 15) is 0 Å². The molecule has 0 aromatic heterocycles. The van der Waals surface area contributed by atoms with Crippen LogP contribution in [0.25, 0.3) is 0 Å². The van der Waals surface area contributed by atoms with Gasteiger partial charge in [-0.25, -0.2) is 0 Å². The Kier molecular flexibility index (Phi) is 3.48. The number of hydrogen-bond acceptors (Lipinski definition) is 2. The molecule has 0 aliphatic heterocycles. The fraction of sp³-hybridized carbons (Fsp3) is 1.00. The second-order valence-electron chi connectivity index (χ2n) is 1.88. The van der Waals surface area contributed by atoms with Crippen LogP contribution in [0.5, 0.6) is 0 Å². The minimum Gasteiger partial charge on any atom is -0.319 e. The Morgan fingerprint density at radius 2 is 2.14 bits per heavy atom. The molecular formula is C5H13NS. The zero-order valence-corrected chi connectivity index (χ0v) is 5.78. The molecule has 0 aromatic rings. The number of rotatable bonds is 2. The molecule has 0 heterocycles. The fourth-order valence-electron chi connectivity index (χ4n) is 0.241. The van der Waals surface area contributed by atoms with Crippen LogP contribution in [-0.2, 0) is 0 Å². The van der Waals surface area contributed by atoms with Crippen molar-refractivity contribution in [3.8, 4) is 0 Å². The van der Waals surface area contributed by atoms with E-state index in [4.69, 9.17) is 5.73 Å². The highest BCUT2D eigenvalue weighted by Gasteiger charge is 2.02. The first-order chi connectivity index (χ1) is 3.18. The quantitative estimate of drug-likeness (QED) is 0.415. The van der Waals surface area contributed by atoms with E-state index in [2.05, 4.69) is 26.5 Å². The van der Waals surface area contributed by atoms with E-state index in [0.29, 0.717) is 5.92 Å². The van der Waals surface area contributed by atoms with Crippen LogP contribution in [-0.4, -0.2) is 5.37 Å². The van der Waals surface area contributed by atoms with Crippen LogP contribution in [0.1, 0.15) is 20.3 Å². The van der Waals surface area contributed by atoms with E-state index in [0.717, 1.165) is 6.42 Å². The minimum absolute atomic E-state index is 0.0602. The first-order valence-electron chi connectivity index (χ1n) is 2.62. The predicted molar refractivity (Wildman–Crippen MR) is 36.4 cm³/mol. The van der Waals surface area contributed by atoms with Gasteiger partial charge in [0.1, 0.15) is 0 Å². The first-order valence-corrected chi connectivity index (χ1v) is 3.13. The second kappa shape index (κ2) is 3.33. The van der Waals surface area contributed by atoms with Gasteiger partial charge in [0, 0.05) is 0 Å². The summed E-state index contributed by atoms with van der Waals surface area (Å²) in [6, 6.07) is 0. The van der Waals surface area contributed by atoms with Crippen molar-refractivity contribution in [2.75, 3.05) is 0 Å². The van der Waals surface area contributed by atoms with Gasteiger partial charge in [-0.1, -0.05) is 20.3 Å². The summed E-state index contributed by atoms with van der Waals surface area (Å²) in [5.74, 6) is 0.545. The highest BCUT2D eigenvalue weighted by molar-refractivity contribution is 7.80. The molecule has 2 N–H and O–H groups in total. The van der Waals surface area contributed by atoms with Gasteiger partial charge in [0.2, 0.25) is 0 Å². The molecule has 0 aromatic carbocycles. The Bertz CT molecular complexity index is 45.3. The van der Waals surface area contributed by atoms with Gasteiger partial charge >= 0.3 is 0 Å². The lowest BCUT2D eigenvalue weighted by Crippen LogP contribution is -2.20. The maximum absolute atomic E-state index is 5.41. The summed E-state index contributed by atoms with van der Waals surface area (Å²) in [5.41, 5.74) is 5.41. The molecule has 0 amide bonds. The van der Waals surface area contributed by atoms with Crippen molar-refractivity contribution in [3.63, 3.8) is 0 Å². The van der Waals surface area contributed by atoms with Gasteiger partial charge in [-0.2, -0.15) is 12.6 Å². The van der Waals surface area contributed by atoms with Gasteiger partial charge < -0.3 is 5.73 Å². The lowest BCUT2D eigenvalue weighted by molar-refractivity contribution is 0.547. The van der Waals surface area contributed by atoms with E-state index >= 15 is 0 Å². The largest absolute Gasteiger partial charge is 0.319 e. The third-order valence-electron chi connectivity index (χ3n) is 1.23. The topological polar surface area (TPSA) is 26.0 Å². The molecule has 2 unspecified atom stereocenters. The monoisotopic (exact) mass is 119 g/mol. The molecule has 7 heavy (non-hydrogen) atoms. The molecule has 0 aliphatic carbocycles. The molecule has 2 atom stereocenters. The van der Waals surface area contributed by atoms with Crippen molar-refractivity contribution in [1.29, 1.82) is 0 Å². The second-order valence-corrected chi connectivity index (χ2v) is 2.47. The Hall–Kier alpha value is 0.310. The van der Waals surface area contributed by atoms with Crippen molar-refractivity contribution in [3.05, 3.63) is 0 Å². The summed E-state index contributed by atoms with van der Waals surface area (Å²) >= 11 is 4.05. The van der Waals surface area contributed by atoms with E-state index in [1.807, 2.05) is 0 Å². The maximum atomic E-state index is 5.41. The molecule has 0 radical (unpaired) electrons. The van der Waals surface area contributed by atoms with Crippen molar-refractivity contribution < 1.29 is 0 Å². The molecule has 0 spiro atoms. The average Bonchev–Trinajstić information content (AvgIpc) is 1.65. The Morgan fingerprint density at radius 1 is 1.71 bits per heavy atom. The van der Waals surface area contributed by atoms with Crippen LogP contribution in [0.2, 0.25) is 0 Å². The Morgan fingerprint density at radius 3 is 2.14 bits per heavy atom. The SMILES string of the molecule is CCC(C)C(N)S. The zero-order valence-electron chi connectivity index (χ0n) is 4.89. The van der Waals surface area contributed by atoms with Gasteiger partial charge in [0.05, 0.1) is 5.37 Å². The smallest absolute Gasteiger partial charge is 0.0503 e. The van der Waals surface area contributed by atoms with Crippen molar-refractivity contribution in [2.24, 2.45) is 11.7 Å². The predicted octanol–water partition coefficient (Wildman–Crippen LogP) is 1.25. The molecule has 0 bridgehead atoms.